The number of nitrogens with zero attached hydrogens (tertiary/aromatic N) is 2. The van der Waals surface area contributed by atoms with Crippen LogP contribution >= 0.6 is 0 Å². The molecule has 0 unspecified atom stereocenters. The molecule has 1 aromatic carbocycles. The van der Waals surface area contributed by atoms with Gasteiger partial charge in [0, 0.05) is 31.4 Å². The van der Waals surface area contributed by atoms with E-state index < -0.39 is 0 Å². The van der Waals surface area contributed by atoms with Crippen molar-refractivity contribution in [3.63, 3.8) is 0 Å². The lowest BCUT2D eigenvalue weighted by Crippen LogP contribution is -2.29. The number of aryl methyl sites for hydroxylation is 1. The minimum Gasteiger partial charge on any atom is -0.493 e. The first-order chi connectivity index (χ1) is 12.6. The molecule has 26 heavy (non-hydrogen) atoms. The zero-order chi connectivity index (χ0) is 18.9. The first-order valence-corrected chi connectivity index (χ1v) is 8.41. The van der Waals surface area contributed by atoms with E-state index in [-0.39, 0.29) is 5.91 Å². The Hall–Kier alpha value is -3.03. The van der Waals surface area contributed by atoms with Gasteiger partial charge in [0.1, 0.15) is 5.82 Å². The molecule has 0 radical (unpaired) electrons. The summed E-state index contributed by atoms with van der Waals surface area (Å²) in [6, 6.07) is 7.05. The van der Waals surface area contributed by atoms with Crippen LogP contribution in [-0.4, -0.2) is 49.7 Å². The molecule has 8 nitrogen and oxygen atoms in total. The monoisotopic (exact) mass is 359 g/mol. The molecular formula is C18H25N5O3. The maximum absolute atomic E-state index is 12.4. The number of ether oxygens (including phenoxy) is 2. The number of carbonyl (C=O) groups is 1. The van der Waals surface area contributed by atoms with Crippen molar-refractivity contribution in [3.05, 3.63) is 35.5 Å². The number of carbonyl (C=O) groups excluding carboxylic acids is 1. The van der Waals surface area contributed by atoms with Crippen molar-refractivity contribution in [2.75, 3.05) is 44.5 Å². The molecule has 8 heteroatoms. The van der Waals surface area contributed by atoms with Crippen LogP contribution in [0.3, 0.4) is 0 Å². The Kier molecular flexibility index (Phi) is 7.02. The van der Waals surface area contributed by atoms with E-state index in [9.17, 15) is 4.79 Å². The van der Waals surface area contributed by atoms with Gasteiger partial charge >= 0.3 is 0 Å². The number of hydrogen-bond acceptors (Lipinski definition) is 7. The van der Waals surface area contributed by atoms with Crippen LogP contribution in [0.2, 0.25) is 0 Å². The minimum atomic E-state index is -0.227. The first-order valence-electron chi connectivity index (χ1n) is 8.41. The van der Waals surface area contributed by atoms with Crippen LogP contribution in [-0.2, 0) is 0 Å². The zero-order valence-electron chi connectivity index (χ0n) is 15.5. The second-order valence-electron chi connectivity index (χ2n) is 5.47. The summed E-state index contributed by atoms with van der Waals surface area (Å²) < 4.78 is 10.5. The van der Waals surface area contributed by atoms with Crippen molar-refractivity contribution in [1.29, 1.82) is 0 Å². The second-order valence-corrected chi connectivity index (χ2v) is 5.47. The van der Waals surface area contributed by atoms with E-state index in [1.54, 1.807) is 18.2 Å². The topological polar surface area (TPSA) is 97.4 Å². The van der Waals surface area contributed by atoms with Crippen molar-refractivity contribution in [2.24, 2.45) is 0 Å². The molecule has 2 rings (SSSR count). The third-order valence-electron chi connectivity index (χ3n) is 3.55. The Morgan fingerprint density at radius 2 is 1.92 bits per heavy atom. The molecule has 140 valence electrons. The number of para-hydroxylation sites is 1. The molecular weight excluding hydrogens is 334 g/mol. The van der Waals surface area contributed by atoms with Gasteiger partial charge in [0.15, 0.2) is 11.5 Å². The fourth-order valence-corrected chi connectivity index (χ4v) is 2.42. The Morgan fingerprint density at radius 3 is 2.62 bits per heavy atom. The first kappa shape index (κ1) is 19.3. The van der Waals surface area contributed by atoms with Crippen LogP contribution in [0.15, 0.2) is 24.3 Å². The van der Waals surface area contributed by atoms with E-state index in [1.165, 1.54) is 14.2 Å². The van der Waals surface area contributed by atoms with Crippen molar-refractivity contribution in [2.45, 2.75) is 13.8 Å². The number of benzene rings is 1. The maximum atomic E-state index is 12.4. The molecule has 2 aromatic rings. The van der Waals surface area contributed by atoms with Gasteiger partial charge in [-0.2, -0.15) is 4.98 Å². The SMILES string of the molecule is CCNc1nc(C)cc(NCCNC(=O)c2cccc(OC)c2OC)n1. The average Bonchev–Trinajstić information content (AvgIpc) is 2.64. The van der Waals surface area contributed by atoms with Crippen molar-refractivity contribution in [1.82, 2.24) is 15.3 Å². The smallest absolute Gasteiger partial charge is 0.255 e. The summed E-state index contributed by atoms with van der Waals surface area (Å²) in [4.78, 5) is 21.1. The molecule has 1 heterocycles. The summed E-state index contributed by atoms with van der Waals surface area (Å²) in [5.74, 6) is 2.00. The molecule has 0 aliphatic rings. The van der Waals surface area contributed by atoms with Gasteiger partial charge in [0.25, 0.3) is 5.91 Å². The number of amides is 1. The third-order valence-corrected chi connectivity index (χ3v) is 3.55. The quantitative estimate of drug-likeness (QED) is 0.590. The summed E-state index contributed by atoms with van der Waals surface area (Å²) in [5.41, 5.74) is 1.29. The molecule has 0 saturated heterocycles. The Balaban J connectivity index is 1.91. The molecule has 0 atom stereocenters. The van der Waals surface area contributed by atoms with Crippen molar-refractivity contribution in [3.8, 4) is 11.5 Å². The summed E-state index contributed by atoms with van der Waals surface area (Å²) in [7, 11) is 3.05. The van der Waals surface area contributed by atoms with Crippen LogP contribution in [0, 0.1) is 6.92 Å². The normalized spacial score (nSPS) is 10.2. The lowest BCUT2D eigenvalue weighted by atomic mass is 10.1. The van der Waals surface area contributed by atoms with Crippen molar-refractivity contribution >= 4 is 17.7 Å². The molecule has 0 aliphatic carbocycles. The van der Waals surface area contributed by atoms with Crippen LogP contribution < -0.4 is 25.4 Å². The van der Waals surface area contributed by atoms with Gasteiger partial charge < -0.3 is 25.4 Å². The van der Waals surface area contributed by atoms with Gasteiger partial charge in [-0.1, -0.05) is 6.07 Å². The van der Waals surface area contributed by atoms with Gasteiger partial charge in [-0.05, 0) is 26.0 Å². The number of anilines is 2. The van der Waals surface area contributed by atoms with E-state index in [1.807, 2.05) is 19.9 Å². The summed E-state index contributed by atoms with van der Waals surface area (Å²) in [6.45, 7) is 5.60. The maximum Gasteiger partial charge on any atom is 0.255 e. The molecule has 1 aromatic heterocycles. The van der Waals surface area contributed by atoms with Gasteiger partial charge in [-0.3, -0.25) is 4.79 Å². The Labute approximate surface area is 153 Å². The average molecular weight is 359 g/mol. The van der Waals surface area contributed by atoms with Gasteiger partial charge in [0.05, 0.1) is 19.8 Å². The van der Waals surface area contributed by atoms with E-state index in [0.717, 1.165) is 12.2 Å². The Bertz CT molecular complexity index is 752. The summed E-state index contributed by atoms with van der Waals surface area (Å²) >= 11 is 0. The summed E-state index contributed by atoms with van der Waals surface area (Å²) in [6.07, 6.45) is 0. The molecule has 0 spiro atoms. The fraction of sp³-hybridized carbons (Fsp3) is 0.389. The lowest BCUT2D eigenvalue weighted by Gasteiger charge is -2.13. The number of aromatic nitrogens is 2. The van der Waals surface area contributed by atoms with E-state index in [2.05, 4.69) is 25.9 Å². The van der Waals surface area contributed by atoms with Crippen LogP contribution in [0.5, 0.6) is 11.5 Å². The zero-order valence-corrected chi connectivity index (χ0v) is 15.5. The highest BCUT2D eigenvalue weighted by Gasteiger charge is 2.15. The van der Waals surface area contributed by atoms with E-state index in [0.29, 0.717) is 41.9 Å². The molecule has 0 fully saturated rings. The largest absolute Gasteiger partial charge is 0.493 e. The highest BCUT2D eigenvalue weighted by molar-refractivity contribution is 5.97. The molecule has 0 aliphatic heterocycles. The molecule has 0 bridgehead atoms. The predicted molar refractivity (Wildman–Crippen MR) is 101 cm³/mol. The van der Waals surface area contributed by atoms with Crippen LogP contribution in [0.4, 0.5) is 11.8 Å². The summed E-state index contributed by atoms with van der Waals surface area (Å²) in [5, 5.41) is 9.12. The number of hydrogen-bond donors (Lipinski definition) is 3. The standard InChI is InChI=1S/C18H25N5O3/c1-5-19-18-22-12(2)11-15(23-18)20-9-10-21-17(24)13-7-6-8-14(25-3)16(13)26-4/h6-8,11H,5,9-10H2,1-4H3,(H,21,24)(H2,19,20,22,23). The fourth-order valence-electron chi connectivity index (χ4n) is 2.42. The van der Waals surface area contributed by atoms with Gasteiger partial charge in [-0.15, -0.1) is 0 Å². The third kappa shape index (κ3) is 4.98. The van der Waals surface area contributed by atoms with Crippen molar-refractivity contribution < 1.29 is 14.3 Å². The molecule has 1 amide bonds. The predicted octanol–water partition coefficient (Wildman–Crippen LogP) is 2.08. The van der Waals surface area contributed by atoms with Gasteiger partial charge in [-0.25, -0.2) is 4.98 Å². The minimum absolute atomic E-state index is 0.227. The van der Waals surface area contributed by atoms with Crippen LogP contribution in [0.25, 0.3) is 0 Å². The molecule has 0 saturated carbocycles. The number of methoxy groups -OCH3 is 2. The second kappa shape index (κ2) is 9.45. The lowest BCUT2D eigenvalue weighted by molar-refractivity contribution is 0.0951. The van der Waals surface area contributed by atoms with E-state index >= 15 is 0 Å². The molecule has 3 N–H and O–H groups in total. The number of rotatable bonds is 9. The Morgan fingerprint density at radius 1 is 1.12 bits per heavy atom. The van der Waals surface area contributed by atoms with E-state index in [4.69, 9.17) is 9.47 Å². The number of nitrogens with one attached hydrogen (secondary N) is 3. The highest BCUT2D eigenvalue weighted by Crippen LogP contribution is 2.30. The highest BCUT2D eigenvalue weighted by atomic mass is 16.5. The van der Waals surface area contributed by atoms with Crippen LogP contribution in [0.1, 0.15) is 23.0 Å². The van der Waals surface area contributed by atoms with Gasteiger partial charge in [0.2, 0.25) is 5.95 Å².